The van der Waals surface area contributed by atoms with E-state index in [0.29, 0.717) is 62.4 Å². The maximum Gasteiger partial charge on any atom is 0.341 e. The number of carbonyl (C=O) groups is 1. The van der Waals surface area contributed by atoms with E-state index in [2.05, 4.69) is 39.2 Å². The molecule has 0 spiro atoms. The molecule has 3 atom stereocenters. The molecule has 2 aliphatic rings. The summed E-state index contributed by atoms with van der Waals surface area (Å²) >= 11 is 0. The Morgan fingerprint density at radius 1 is 1.14 bits per heavy atom. The van der Waals surface area contributed by atoms with Crippen molar-refractivity contribution in [2.24, 2.45) is 11.8 Å². The van der Waals surface area contributed by atoms with Gasteiger partial charge in [0.2, 0.25) is 0 Å². The minimum atomic E-state index is -1.31. The number of anilines is 2. The molecule has 0 radical (unpaired) electrons. The van der Waals surface area contributed by atoms with Crippen molar-refractivity contribution in [2.45, 2.75) is 18.9 Å². The van der Waals surface area contributed by atoms with E-state index in [9.17, 15) is 19.1 Å². The number of pyridine rings is 3. The monoisotopic (exact) mass is 572 g/mol. The molecule has 1 aromatic carbocycles. The highest BCUT2D eigenvalue weighted by atomic mass is 19.2. The van der Waals surface area contributed by atoms with Crippen LogP contribution < -0.4 is 15.8 Å². The summed E-state index contributed by atoms with van der Waals surface area (Å²) in [6, 6.07) is 8.01. The number of hydrogen-bond acceptors (Lipinski definition) is 6. The summed E-state index contributed by atoms with van der Waals surface area (Å²) in [6.07, 6.45) is 5.48. The summed E-state index contributed by atoms with van der Waals surface area (Å²) in [5, 5.41) is 13.1. The smallest absolute Gasteiger partial charge is 0.341 e. The van der Waals surface area contributed by atoms with Crippen LogP contribution in [0.25, 0.3) is 38.6 Å². The van der Waals surface area contributed by atoms with Crippen LogP contribution in [-0.4, -0.2) is 70.6 Å². The highest BCUT2D eigenvalue weighted by Crippen LogP contribution is 2.48. The molecule has 7 rings (SSSR count). The molecule has 0 unspecified atom stereocenters. The Morgan fingerprint density at radius 3 is 2.67 bits per heavy atom. The average Bonchev–Trinajstić information content (AvgIpc) is 3.67. The molecule has 1 saturated carbocycles. The third-order valence-electron chi connectivity index (χ3n) is 9.22. The van der Waals surface area contributed by atoms with Gasteiger partial charge in [-0.3, -0.25) is 9.20 Å². The highest BCUT2D eigenvalue weighted by molar-refractivity contribution is 6.18. The Labute approximate surface area is 239 Å². The highest BCUT2D eigenvalue weighted by Gasteiger charge is 2.44. The van der Waals surface area contributed by atoms with Gasteiger partial charge in [0.1, 0.15) is 11.2 Å². The number of aromatic amines is 1. The van der Waals surface area contributed by atoms with Crippen LogP contribution in [0.4, 0.5) is 20.2 Å². The fourth-order valence-corrected chi connectivity index (χ4v) is 7.26. The van der Waals surface area contributed by atoms with Crippen LogP contribution in [0.5, 0.6) is 0 Å². The molecule has 4 aromatic heterocycles. The van der Waals surface area contributed by atoms with Gasteiger partial charge in [-0.2, -0.15) is 0 Å². The van der Waals surface area contributed by atoms with Crippen LogP contribution in [0, 0.1) is 23.5 Å². The number of aromatic carboxylic acids is 1. The minimum absolute atomic E-state index is 0.117. The fraction of sp³-hybridized carbons (Fsp3) is 0.323. The number of hydrogen-bond donors (Lipinski definition) is 3. The first-order valence-electron chi connectivity index (χ1n) is 14.0. The molecular weight excluding hydrogens is 542 g/mol. The van der Waals surface area contributed by atoms with Gasteiger partial charge in [0.15, 0.2) is 11.6 Å². The second kappa shape index (κ2) is 9.52. The molecule has 5 heterocycles. The van der Waals surface area contributed by atoms with Crippen LogP contribution >= 0.6 is 0 Å². The van der Waals surface area contributed by atoms with Crippen LogP contribution in [0.2, 0.25) is 0 Å². The summed E-state index contributed by atoms with van der Waals surface area (Å²) in [5.41, 5.74) is 2.78. The summed E-state index contributed by atoms with van der Waals surface area (Å²) in [4.78, 5) is 37.1. The lowest BCUT2D eigenvalue weighted by Gasteiger charge is -2.28. The number of rotatable bonds is 5. The molecule has 1 aliphatic heterocycles. The molecular formula is C31H30F2N6O3. The number of H-pyrrole nitrogens is 1. The summed E-state index contributed by atoms with van der Waals surface area (Å²) in [6.45, 7) is 1.49. The van der Waals surface area contributed by atoms with Gasteiger partial charge in [-0.05, 0) is 57.0 Å². The van der Waals surface area contributed by atoms with Crippen molar-refractivity contribution >= 4 is 44.8 Å². The van der Waals surface area contributed by atoms with Gasteiger partial charge < -0.3 is 25.2 Å². The zero-order chi connectivity index (χ0) is 29.4. The predicted molar refractivity (Wildman–Crippen MR) is 159 cm³/mol. The van der Waals surface area contributed by atoms with E-state index in [1.807, 2.05) is 6.07 Å². The number of carboxylic acids is 1. The third kappa shape index (κ3) is 3.79. The van der Waals surface area contributed by atoms with E-state index in [1.165, 1.54) is 10.5 Å². The number of nitrogens with one attached hydrogen (secondary N) is 2. The fourth-order valence-electron chi connectivity index (χ4n) is 7.26. The van der Waals surface area contributed by atoms with Gasteiger partial charge in [-0.1, -0.05) is 6.07 Å². The number of benzene rings is 1. The van der Waals surface area contributed by atoms with Gasteiger partial charge in [-0.25, -0.2) is 18.6 Å². The Kier molecular flexibility index (Phi) is 5.98. The predicted octanol–water partition coefficient (Wildman–Crippen LogP) is 4.79. The van der Waals surface area contributed by atoms with Crippen molar-refractivity contribution in [3.63, 3.8) is 0 Å². The van der Waals surface area contributed by atoms with Gasteiger partial charge in [0.05, 0.1) is 27.7 Å². The SMILES string of the molecule is CNc1cc(F)c(F)c2c1[nH]c1ncc(-c3ccc4ccc(C(=O)O)c(=O)n4c3)c(N3C[C@H]4CC[C@@H](N(C)C)[C@H]4C3)c12. The number of halogens is 2. The first-order valence-corrected chi connectivity index (χ1v) is 14.0. The van der Waals surface area contributed by atoms with Gasteiger partial charge >= 0.3 is 5.97 Å². The minimum Gasteiger partial charge on any atom is -0.477 e. The largest absolute Gasteiger partial charge is 0.477 e. The molecule has 42 heavy (non-hydrogen) atoms. The van der Waals surface area contributed by atoms with Crippen LogP contribution in [0.3, 0.4) is 0 Å². The van der Waals surface area contributed by atoms with E-state index in [1.54, 1.807) is 31.6 Å². The van der Waals surface area contributed by atoms with Gasteiger partial charge in [0, 0.05) is 61.3 Å². The average molecular weight is 573 g/mol. The molecule has 1 aliphatic carbocycles. The van der Waals surface area contributed by atoms with E-state index in [0.717, 1.165) is 32.0 Å². The standard InChI is InChI=1S/C31H30F2N6O3/c1-34-22-10-21(32)26(33)24-25-28(38-12-15-5-9-23(37(2)3)20(15)14-38)19(11-35-29(25)36-27(22)24)16-4-6-17-7-8-18(31(41)42)30(40)39(17)13-16/h4,6-8,10-11,13,15,20,23,34H,5,9,12,14H2,1-3H3,(H,35,36)(H,41,42)/t15-,20+,23-/m1/s1. The molecule has 11 heteroatoms. The lowest BCUT2D eigenvalue weighted by Crippen LogP contribution is -2.35. The summed E-state index contributed by atoms with van der Waals surface area (Å²) in [7, 11) is 5.85. The second-order valence-electron chi connectivity index (χ2n) is 11.6. The summed E-state index contributed by atoms with van der Waals surface area (Å²) < 4.78 is 31.9. The van der Waals surface area contributed by atoms with E-state index < -0.39 is 23.2 Å². The molecule has 5 aromatic rings. The Morgan fingerprint density at radius 2 is 1.93 bits per heavy atom. The number of carboxylic acid groups (broad SMARTS) is 1. The number of aromatic nitrogens is 3. The summed E-state index contributed by atoms with van der Waals surface area (Å²) in [5.74, 6) is -2.37. The first kappa shape index (κ1) is 26.4. The number of fused-ring (bicyclic) bond motifs is 5. The topological polar surface area (TPSA) is 106 Å². The van der Waals surface area contributed by atoms with Crippen molar-refractivity contribution in [3.8, 4) is 11.1 Å². The van der Waals surface area contributed by atoms with E-state index in [-0.39, 0.29) is 10.9 Å². The normalized spacial score (nSPS) is 20.3. The second-order valence-corrected chi connectivity index (χ2v) is 11.6. The third-order valence-corrected chi connectivity index (χ3v) is 9.22. The maximum absolute atomic E-state index is 15.7. The molecule has 3 N–H and O–H groups in total. The quantitative estimate of drug-likeness (QED) is 0.278. The van der Waals surface area contributed by atoms with Crippen molar-refractivity contribution < 1.29 is 18.7 Å². The number of nitrogens with zero attached hydrogens (tertiary/aromatic N) is 4. The maximum atomic E-state index is 15.7. The van der Waals surface area contributed by atoms with Crippen LogP contribution in [0.1, 0.15) is 23.2 Å². The van der Waals surface area contributed by atoms with Crippen molar-refractivity contribution in [2.75, 3.05) is 44.4 Å². The van der Waals surface area contributed by atoms with Gasteiger partial charge in [-0.15, -0.1) is 0 Å². The molecule has 2 fully saturated rings. The van der Waals surface area contributed by atoms with E-state index >= 15 is 4.39 Å². The molecule has 216 valence electrons. The lowest BCUT2D eigenvalue weighted by atomic mass is 9.97. The van der Waals surface area contributed by atoms with E-state index in [4.69, 9.17) is 0 Å². The molecule has 9 nitrogen and oxygen atoms in total. The van der Waals surface area contributed by atoms with Gasteiger partial charge in [0.25, 0.3) is 5.56 Å². The van der Waals surface area contributed by atoms with Crippen molar-refractivity contribution in [1.82, 2.24) is 19.3 Å². The molecule has 1 saturated heterocycles. The van der Waals surface area contributed by atoms with Crippen LogP contribution in [-0.2, 0) is 0 Å². The zero-order valence-electron chi connectivity index (χ0n) is 23.4. The Bertz CT molecular complexity index is 1980. The zero-order valence-corrected chi connectivity index (χ0v) is 23.4. The lowest BCUT2D eigenvalue weighted by molar-refractivity contribution is 0.0694. The molecule has 0 amide bonds. The van der Waals surface area contributed by atoms with Crippen LogP contribution in [0.15, 0.2) is 47.5 Å². The first-order chi connectivity index (χ1) is 20.2. The Balaban J connectivity index is 1.52. The molecule has 0 bridgehead atoms. The van der Waals surface area contributed by atoms with Crippen molar-refractivity contribution in [3.05, 3.63) is 70.3 Å². The Hall–Kier alpha value is -4.51. The van der Waals surface area contributed by atoms with Crippen molar-refractivity contribution in [1.29, 1.82) is 0 Å².